The lowest BCUT2D eigenvalue weighted by molar-refractivity contribution is -0.267. The molecular formula is C24H31NO7. The Morgan fingerprint density at radius 3 is 2.44 bits per heavy atom. The van der Waals surface area contributed by atoms with Gasteiger partial charge in [0.2, 0.25) is 5.91 Å². The molecule has 8 heteroatoms. The molecule has 2 rings (SSSR count). The number of carbonyl (C=O) groups excluding carboxylic acids is 3. The van der Waals surface area contributed by atoms with Crippen molar-refractivity contribution in [3.63, 3.8) is 0 Å². The molecule has 1 aromatic rings. The number of hydrogen-bond donors (Lipinski definition) is 1. The van der Waals surface area contributed by atoms with E-state index >= 15 is 0 Å². The van der Waals surface area contributed by atoms with Crippen LogP contribution in [-0.4, -0.2) is 49.0 Å². The predicted molar refractivity (Wildman–Crippen MR) is 117 cm³/mol. The number of rotatable bonds is 10. The summed E-state index contributed by atoms with van der Waals surface area (Å²) in [6.45, 7) is 7.78. The van der Waals surface area contributed by atoms with Gasteiger partial charge in [-0.2, -0.15) is 0 Å². The number of nitrogens with one attached hydrogen (secondary N) is 1. The van der Waals surface area contributed by atoms with Gasteiger partial charge in [-0.15, -0.1) is 0 Å². The molecule has 1 amide bonds. The summed E-state index contributed by atoms with van der Waals surface area (Å²) in [6, 6.07) is 8.92. The van der Waals surface area contributed by atoms with Gasteiger partial charge in [-0.25, -0.2) is 0 Å². The number of benzene rings is 1. The third-order valence-electron chi connectivity index (χ3n) is 4.91. The summed E-state index contributed by atoms with van der Waals surface area (Å²) < 4.78 is 22.9. The molecule has 0 aliphatic carbocycles. The molecule has 0 unspecified atom stereocenters. The van der Waals surface area contributed by atoms with Crippen molar-refractivity contribution in [2.45, 2.75) is 58.3 Å². The zero-order valence-electron chi connectivity index (χ0n) is 18.7. The largest absolute Gasteiger partial charge is 0.463 e. The Hall–Kier alpha value is -2.97. The zero-order chi connectivity index (χ0) is 23.5. The van der Waals surface area contributed by atoms with Crippen molar-refractivity contribution in [1.82, 2.24) is 5.32 Å². The molecule has 0 bridgehead atoms. The minimum Gasteiger partial charge on any atom is -0.463 e. The first-order chi connectivity index (χ1) is 15.3. The molecule has 0 radical (unpaired) electrons. The van der Waals surface area contributed by atoms with E-state index in [-0.39, 0.29) is 19.1 Å². The average molecular weight is 446 g/mol. The topological polar surface area (TPSA) is 100 Å². The molecule has 8 nitrogen and oxygen atoms in total. The minimum atomic E-state index is -0.853. The molecular weight excluding hydrogens is 414 g/mol. The molecule has 1 aromatic carbocycles. The van der Waals surface area contributed by atoms with Crippen molar-refractivity contribution in [3.8, 4) is 0 Å². The zero-order valence-corrected chi connectivity index (χ0v) is 18.7. The summed E-state index contributed by atoms with van der Waals surface area (Å²) in [7, 11) is 0. The smallest absolute Gasteiger partial charge is 0.303 e. The van der Waals surface area contributed by atoms with Crippen LogP contribution in [0.4, 0.5) is 0 Å². The summed E-state index contributed by atoms with van der Waals surface area (Å²) in [6.07, 6.45) is 3.32. The predicted octanol–water partition coefficient (Wildman–Crippen LogP) is 2.68. The molecule has 5 atom stereocenters. The van der Waals surface area contributed by atoms with E-state index in [1.54, 1.807) is 12.2 Å². The van der Waals surface area contributed by atoms with Crippen LogP contribution in [-0.2, 0) is 39.9 Å². The SMILES string of the molecule is C=C/C=C\C[C@@H]1[C@@H](NC(C)=O)[C@@H](OCc2ccccc2)O[C@H](COC(C)=O)[C@H]1OC(C)=O. The van der Waals surface area contributed by atoms with Crippen LogP contribution in [0.1, 0.15) is 32.8 Å². The van der Waals surface area contributed by atoms with Gasteiger partial charge < -0.3 is 24.3 Å². The monoisotopic (exact) mass is 445 g/mol. The van der Waals surface area contributed by atoms with Crippen LogP contribution in [0.25, 0.3) is 0 Å². The summed E-state index contributed by atoms with van der Waals surface area (Å²) >= 11 is 0. The molecule has 174 valence electrons. The van der Waals surface area contributed by atoms with E-state index in [0.29, 0.717) is 6.42 Å². The highest BCUT2D eigenvalue weighted by atomic mass is 16.7. The highest BCUT2D eigenvalue weighted by molar-refractivity contribution is 5.73. The van der Waals surface area contributed by atoms with Crippen LogP contribution in [0.15, 0.2) is 55.1 Å². The fourth-order valence-electron chi connectivity index (χ4n) is 3.62. The number of ether oxygens (including phenoxy) is 4. The first kappa shape index (κ1) is 25.3. The second kappa shape index (κ2) is 12.8. The summed E-state index contributed by atoms with van der Waals surface area (Å²) in [5.74, 6) is -1.66. The standard InChI is InChI=1S/C24H31NO7/c1-5-6-8-13-20-22(25-16(2)26)24(30-14-19-11-9-7-10-12-19)32-21(15-29-17(3)27)23(20)31-18(4)28/h5-12,20-24H,1,13-15H2,2-4H3,(H,25,26)/b8-6-/t20-,21-,22-,23+,24+/m1/s1. The van der Waals surface area contributed by atoms with Crippen LogP contribution >= 0.6 is 0 Å². The Balaban J connectivity index is 2.36. The van der Waals surface area contributed by atoms with Crippen molar-refractivity contribution < 1.29 is 33.3 Å². The van der Waals surface area contributed by atoms with Gasteiger partial charge in [0.25, 0.3) is 0 Å². The number of allylic oxidation sites excluding steroid dienone is 3. The van der Waals surface area contributed by atoms with Crippen LogP contribution < -0.4 is 5.32 Å². The molecule has 1 saturated heterocycles. The maximum Gasteiger partial charge on any atom is 0.303 e. The second-order valence-corrected chi connectivity index (χ2v) is 7.51. The maximum atomic E-state index is 12.0. The first-order valence-electron chi connectivity index (χ1n) is 10.5. The van der Waals surface area contributed by atoms with Gasteiger partial charge >= 0.3 is 11.9 Å². The van der Waals surface area contributed by atoms with Gasteiger partial charge in [0, 0.05) is 26.7 Å². The highest BCUT2D eigenvalue weighted by Gasteiger charge is 2.48. The Labute approximate surface area is 188 Å². The van der Waals surface area contributed by atoms with E-state index in [2.05, 4.69) is 11.9 Å². The molecule has 1 heterocycles. The van der Waals surface area contributed by atoms with Gasteiger partial charge in [-0.3, -0.25) is 14.4 Å². The number of carbonyl (C=O) groups is 3. The van der Waals surface area contributed by atoms with Crippen LogP contribution in [0.2, 0.25) is 0 Å². The van der Waals surface area contributed by atoms with E-state index in [0.717, 1.165) is 5.56 Å². The fourth-order valence-corrected chi connectivity index (χ4v) is 3.62. The van der Waals surface area contributed by atoms with E-state index in [1.807, 2.05) is 36.4 Å². The van der Waals surface area contributed by atoms with Gasteiger partial charge in [0.05, 0.1) is 12.6 Å². The molecule has 0 saturated carbocycles. The van der Waals surface area contributed by atoms with E-state index in [4.69, 9.17) is 18.9 Å². The van der Waals surface area contributed by atoms with Gasteiger partial charge in [0.1, 0.15) is 18.8 Å². The highest BCUT2D eigenvalue weighted by Crippen LogP contribution is 2.33. The summed E-state index contributed by atoms with van der Waals surface area (Å²) in [4.78, 5) is 35.3. The number of hydrogen-bond acceptors (Lipinski definition) is 7. The fraction of sp³-hybridized carbons (Fsp3) is 0.458. The van der Waals surface area contributed by atoms with Gasteiger partial charge in [-0.05, 0) is 12.0 Å². The summed E-state index contributed by atoms with van der Waals surface area (Å²) in [5.41, 5.74) is 0.930. The molecule has 1 fully saturated rings. The lowest BCUT2D eigenvalue weighted by atomic mass is 9.84. The Bertz CT molecular complexity index is 808. The van der Waals surface area contributed by atoms with Gasteiger partial charge in [0.15, 0.2) is 6.29 Å². The first-order valence-corrected chi connectivity index (χ1v) is 10.5. The van der Waals surface area contributed by atoms with Crippen LogP contribution in [0.5, 0.6) is 0 Å². The van der Waals surface area contributed by atoms with E-state index in [9.17, 15) is 14.4 Å². The lowest BCUT2D eigenvalue weighted by Gasteiger charge is -2.45. The van der Waals surface area contributed by atoms with Crippen LogP contribution in [0.3, 0.4) is 0 Å². The third-order valence-corrected chi connectivity index (χ3v) is 4.91. The normalized spacial score (nSPS) is 25.2. The second-order valence-electron chi connectivity index (χ2n) is 7.51. The van der Waals surface area contributed by atoms with Crippen molar-refractivity contribution in [1.29, 1.82) is 0 Å². The third kappa shape index (κ3) is 7.94. The minimum absolute atomic E-state index is 0.118. The van der Waals surface area contributed by atoms with Gasteiger partial charge in [-0.1, -0.05) is 55.1 Å². The number of amides is 1. The van der Waals surface area contributed by atoms with Crippen molar-refractivity contribution in [2.24, 2.45) is 5.92 Å². The Morgan fingerprint density at radius 2 is 1.84 bits per heavy atom. The van der Waals surface area contributed by atoms with Crippen molar-refractivity contribution in [3.05, 3.63) is 60.7 Å². The lowest BCUT2D eigenvalue weighted by Crippen LogP contribution is -2.62. The van der Waals surface area contributed by atoms with E-state index in [1.165, 1.54) is 20.8 Å². The molecule has 1 aliphatic rings. The van der Waals surface area contributed by atoms with E-state index < -0.39 is 42.4 Å². The Morgan fingerprint density at radius 1 is 1.12 bits per heavy atom. The number of esters is 2. The van der Waals surface area contributed by atoms with Crippen LogP contribution in [0, 0.1) is 5.92 Å². The molecule has 1 aliphatic heterocycles. The summed E-state index contributed by atoms with van der Waals surface area (Å²) in [5, 5.41) is 2.89. The average Bonchev–Trinajstić information content (AvgIpc) is 2.74. The maximum absolute atomic E-state index is 12.0. The molecule has 32 heavy (non-hydrogen) atoms. The molecule has 0 aromatic heterocycles. The molecule has 1 N–H and O–H groups in total. The molecule has 0 spiro atoms. The van der Waals surface area contributed by atoms with Crippen molar-refractivity contribution in [2.75, 3.05) is 6.61 Å². The van der Waals surface area contributed by atoms with Crippen molar-refractivity contribution >= 4 is 17.8 Å². The quantitative estimate of drug-likeness (QED) is 0.437. The Kier molecular flexibility index (Phi) is 10.1.